The lowest BCUT2D eigenvalue weighted by Crippen LogP contribution is -2.36. The van der Waals surface area contributed by atoms with Crippen molar-refractivity contribution in [3.63, 3.8) is 0 Å². The Hall–Kier alpha value is -3.03. The molecule has 0 aliphatic carbocycles. The Labute approximate surface area is 217 Å². The van der Waals surface area contributed by atoms with Crippen molar-refractivity contribution < 1.29 is 22.8 Å². The molecule has 0 radical (unpaired) electrons. The van der Waals surface area contributed by atoms with E-state index in [4.69, 9.17) is 23.2 Å². The van der Waals surface area contributed by atoms with E-state index in [0.29, 0.717) is 17.1 Å². The van der Waals surface area contributed by atoms with Crippen LogP contribution in [-0.4, -0.2) is 41.8 Å². The summed E-state index contributed by atoms with van der Waals surface area (Å²) in [6.45, 7) is 0.466. The van der Waals surface area contributed by atoms with Crippen LogP contribution in [-0.2, 0) is 17.5 Å². The number of carbonyl (C=O) groups is 2. The first-order valence-electron chi connectivity index (χ1n) is 11.2. The first kappa shape index (κ1) is 26.0. The average Bonchev–Trinajstić information content (AvgIpc) is 3.29. The summed E-state index contributed by atoms with van der Waals surface area (Å²) in [5.41, 5.74) is 0.695. The average molecular weight is 535 g/mol. The maximum absolute atomic E-state index is 13.6. The fraction of sp³-hybridized carbons (Fsp3) is 0.259. The standard InChI is InChI=1S/C27H23Cl2F3N2O2/c1-33(14-17-6-3-2-4-7-17)25(35)23-16-34(26(36)21-11-10-20(28)13-24(21)29)15-22(23)18-8-5-9-19(12-18)27(30,31)32/h2-13,22-23H,14-16H2,1H3. The van der Waals surface area contributed by atoms with Gasteiger partial charge in [0.1, 0.15) is 0 Å². The third-order valence-corrected chi connectivity index (χ3v) is 6.91. The molecule has 0 bridgehead atoms. The Bertz CT molecular complexity index is 1270. The summed E-state index contributed by atoms with van der Waals surface area (Å²) in [6, 6.07) is 18.8. The summed E-state index contributed by atoms with van der Waals surface area (Å²) in [5.74, 6) is -2.00. The van der Waals surface area contributed by atoms with Crippen LogP contribution < -0.4 is 0 Å². The first-order valence-corrected chi connectivity index (χ1v) is 12.0. The number of alkyl halides is 3. The highest BCUT2D eigenvalue weighted by molar-refractivity contribution is 6.36. The summed E-state index contributed by atoms with van der Waals surface area (Å²) in [4.78, 5) is 29.9. The van der Waals surface area contributed by atoms with Crippen molar-refractivity contribution in [3.8, 4) is 0 Å². The van der Waals surface area contributed by atoms with Gasteiger partial charge in [0.05, 0.1) is 22.1 Å². The summed E-state index contributed by atoms with van der Waals surface area (Å²) in [7, 11) is 1.65. The number of hydrogen-bond donors (Lipinski definition) is 0. The fourth-order valence-electron chi connectivity index (χ4n) is 4.55. The van der Waals surface area contributed by atoms with Gasteiger partial charge in [-0.3, -0.25) is 9.59 Å². The van der Waals surface area contributed by atoms with E-state index in [9.17, 15) is 22.8 Å². The van der Waals surface area contributed by atoms with Gasteiger partial charge < -0.3 is 9.80 Å². The topological polar surface area (TPSA) is 40.6 Å². The van der Waals surface area contributed by atoms with E-state index in [-0.39, 0.29) is 29.6 Å². The molecule has 1 saturated heterocycles. The molecule has 4 rings (SSSR count). The van der Waals surface area contributed by atoms with Gasteiger partial charge >= 0.3 is 6.18 Å². The minimum absolute atomic E-state index is 0.0522. The van der Waals surface area contributed by atoms with Crippen LogP contribution in [0.25, 0.3) is 0 Å². The first-order chi connectivity index (χ1) is 17.0. The Morgan fingerprint density at radius 3 is 2.36 bits per heavy atom. The lowest BCUT2D eigenvalue weighted by Gasteiger charge is -2.25. The van der Waals surface area contributed by atoms with E-state index >= 15 is 0 Å². The lowest BCUT2D eigenvalue weighted by molar-refractivity contribution is -0.137. The van der Waals surface area contributed by atoms with Crippen LogP contribution in [0.5, 0.6) is 0 Å². The molecule has 2 amide bonds. The number of carbonyl (C=O) groups excluding carboxylic acids is 2. The molecular formula is C27H23Cl2F3N2O2. The molecule has 1 fully saturated rings. The van der Waals surface area contributed by atoms with Crippen LogP contribution in [0.4, 0.5) is 13.2 Å². The highest BCUT2D eigenvalue weighted by Gasteiger charge is 2.42. The number of rotatable bonds is 5. The largest absolute Gasteiger partial charge is 0.416 e. The highest BCUT2D eigenvalue weighted by Crippen LogP contribution is 2.38. The van der Waals surface area contributed by atoms with E-state index < -0.39 is 29.5 Å². The molecule has 1 heterocycles. The van der Waals surface area contributed by atoms with E-state index in [0.717, 1.165) is 17.7 Å². The molecule has 9 heteroatoms. The van der Waals surface area contributed by atoms with E-state index in [1.54, 1.807) is 18.0 Å². The van der Waals surface area contributed by atoms with Gasteiger partial charge in [-0.05, 0) is 35.4 Å². The number of likely N-dealkylation sites (tertiary alicyclic amines) is 1. The van der Waals surface area contributed by atoms with Gasteiger partial charge in [0, 0.05) is 37.6 Å². The highest BCUT2D eigenvalue weighted by atomic mass is 35.5. The monoisotopic (exact) mass is 534 g/mol. The van der Waals surface area contributed by atoms with Crippen molar-refractivity contribution in [2.24, 2.45) is 5.92 Å². The molecule has 0 saturated carbocycles. The second-order valence-corrected chi connectivity index (χ2v) is 9.69. The molecule has 3 aromatic rings. The van der Waals surface area contributed by atoms with Crippen molar-refractivity contribution in [1.82, 2.24) is 9.80 Å². The Balaban J connectivity index is 1.65. The molecule has 0 N–H and O–H groups in total. The number of hydrogen-bond acceptors (Lipinski definition) is 2. The van der Waals surface area contributed by atoms with Crippen LogP contribution in [0.2, 0.25) is 10.0 Å². The minimum Gasteiger partial charge on any atom is -0.341 e. The Kier molecular flexibility index (Phi) is 7.62. The molecule has 188 valence electrons. The van der Waals surface area contributed by atoms with Crippen LogP contribution in [0.15, 0.2) is 72.8 Å². The van der Waals surface area contributed by atoms with Crippen molar-refractivity contribution >= 4 is 35.0 Å². The smallest absolute Gasteiger partial charge is 0.341 e. The summed E-state index contributed by atoms with van der Waals surface area (Å²) >= 11 is 12.2. The van der Waals surface area contributed by atoms with E-state index in [2.05, 4.69) is 0 Å². The predicted octanol–water partition coefficient (Wildman–Crippen LogP) is 6.53. The molecule has 1 aliphatic heterocycles. The molecular weight excluding hydrogens is 512 g/mol. The predicted molar refractivity (Wildman–Crippen MR) is 133 cm³/mol. The summed E-state index contributed by atoms with van der Waals surface area (Å²) < 4.78 is 40.3. The number of amides is 2. The number of halogens is 5. The van der Waals surface area contributed by atoms with Gasteiger partial charge in [-0.2, -0.15) is 13.2 Å². The minimum atomic E-state index is -4.52. The molecule has 0 spiro atoms. The van der Waals surface area contributed by atoms with Gasteiger partial charge in [0.25, 0.3) is 5.91 Å². The van der Waals surface area contributed by atoms with E-state index in [1.807, 2.05) is 30.3 Å². The zero-order chi connectivity index (χ0) is 26.0. The SMILES string of the molecule is CN(Cc1ccccc1)C(=O)C1CN(C(=O)c2ccc(Cl)cc2Cl)CC1c1cccc(C(F)(F)F)c1. The van der Waals surface area contributed by atoms with E-state index in [1.165, 1.54) is 29.2 Å². The zero-order valence-corrected chi connectivity index (χ0v) is 20.8. The lowest BCUT2D eigenvalue weighted by atomic mass is 9.87. The molecule has 1 aliphatic rings. The second-order valence-electron chi connectivity index (χ2n) is 8.85. The van der Waals surface area contributed by atoms with Gasteiger partial charge in [0.2, 0.25) is 5.91 Å². The van der Waals surface area contributed by atoms with Crippen LogP contribution >= 0.6 is 23.2 Å². The van der Waals surface area contributed by atoms with Crippen molar-refractivity contribution in [1.29, 1.82) is 0 Å². The van der Waals surface area contributed by atoms with Gasteiger partial charge in [0.15, 0.2) is 0 Å². The summed E-state index contributed by atoms with van der Waals surface area (Å²) in [5, 5.41) is 0.537. The van der Waals surface area contributed by atoms with Crippen molar-refractivity contribution in [2.75, 3.05) is 20.1 Å². The van der Waals surface area contributed by atoms with Gasteiger partial charge in [-0.15, -0.1) is 0 Å². The Morgan fingerprint density at radius 2 is 1.69 bits per heavy atom. The van der Waals surface area contributed by atoms with Gasteiger partial charge in [-0.1, -0.05) is 71.7 Å². The van der Waals surface area contributed by atoms with Crippen LogP contribution in [0, 0.1) is 5.92 Å². The molecule has 36 heavy (non-hydrogen) atoms. The fourth-order valence-corrected chi connectivity index (χ4v) is 5.04. The number of benzene rings is 3. The molecule has 4 nitrogen and oxygen atoms in total. The maximum Gasteiger partial charge on any atom is 0.416 e. The van der Waals surface area contributed by atoms with Crippen LogP contribution in [0.3, 0.4) is 0 Å². The van der Waals surface area contributed by atoms with Crippen molar-refractivity contribution in [3.05, 3.63) is 105 Å². The third kappa shape index (κ3) is 5.68. The molecule has 2 unspecified atom stereocenters. The quantitative estimate of drug-likeness (QED) is 0.373. The molecule has 2 atom stereocenters. The molecule has 0 aromatic heterocycles. The maximum atomic E-state index is 13.6. The second kappa shape index (κ2) is 10.5. The normalized spacial score (nSPS) is 17.8. The summed E-state index contributed by atoms with van der Waals surface area (Å²) in [6.07, 6.45) is -4.52. The third-order valence-electron chi connectivity index (χ3n) is 6.37. The Morgan fingerprint density at radius 1 is 0.972 bits per heavy atom. The number of nitrogens with zero attached hydrogens (tertiary/aromatic N) is 2. The zero-order valence-electron chi connectivity index (χ0n) is 19.3. The van der Waals surface area contributed by atoms with Crippen LogP contribution in [0.1, 0.15) is 33.0 Å². The van der Waals surface area contributed by atoms with Gasteiger partial charge in [-0.25, -0.2) is 0 Å². The van der Waals surface area contributed by atoms with Crippen molar-refractivity contribution in [2.45, 2.75) is 18.6 Å². The molecule has 3 aromatic carbocycles.